The number of halogens is 3. The average molecular weight is 787 g/mol. The van der Waals surface area contributed by atoms with Gasteiger partial charge >= 0.3 is 6.09 Å². The van der Waals surface area contributed by atoms with Gasteiger partial charge in [0.15, 0.2) is 17.9 Å². The maximum absolute atomic E-state index is 16.9. The van der Waals surface area contributed by atoms with E-state index in [4.69, 9.17) is 21.1 Å². The average Bonchev–Trinajstić information content (AvgIpc) is 3.77. The van der Waals surface area contributed by atoms with Crippen molar-refractivity contribution in [2.24, 2.45) is 17.8 Å². The van der Waals surface area contributed by atoms with Crippen molar-refractivity contribution < 1.29 is 37.7 Å². The summed E-state index contributed by atoms with van der Waals surface area (Å²) in [5.41, 5.74) is 0.512. The van der Waals surface area contributed by atoms with E-state index in [2.05, 4.69) is 10.6 Å². The van der Waals surface area contributed by atoms with Crippen LogP contribution in [0.1, 0.15) is 89.4 Å². The molecule has 3 fully saturated rings. The molecule has 3 aliphatic rings. The van der Waals surface area contributed by atoms with Gasteiger partial charge in [-0.05, 0) is 142 Å². The summed E-state index contributed by atoms with van der Waals surface area (Å²) in [5.74, 6) is -6.32. The number of Topliss-reactive ketones (excluding diaryl/α,β-unsaturated/α-hetero) is 1. The predicted molar refractivity (Wildman–Crippen MR) is 212 cm³/mol. The van der Waals surface area contributed by atoms with E-state index in [0.29, 0.717) is 36.3 Å². The van der Waals surface area contributed by atoms with Crippen molar-refractivity contribution in [3.05, 3.63) is 101 Å². The summed E-state index contributed by atoms with van der Waals surface area (Å²) in [4.78, 5) is 40.9. The highest BCUT2D eigenvalue weighted by Gasteiger charge is 2.55. The fraction of sp³-hybridized carbons (Fsp3) is 0.444. The van der Waals surface area contributed by atoms with Crippen molar-refractivity contribution in [1.29, 1.82) is 0 Å². The number of alkyl halides is 2. The molecule has 3 N–H and O–H groups in total. The van der Waals surface area contributed by atoms with Crippen molar-refractivity contribution in [2.45, 2.75) is 108 Å². The smallest absolute Gasteiger partial charge is 0.407 e. The molecule has 0 aliphatic heterocycles. The van der Waals surface area contributed by atoms with E-state index in [-0.39, 0.29) is 29.5 Å². The maximum atomic E-state index is 16.9. The van der Waals surface area contributed by atoms with E-state index < -0.39 is 52.9 Å². The number of alkyl carbamates (subject to hydrolysis) is 1. The lowest BCUT2D eigenvalue weighted by atomic mass is 9.71. The minimum absolute atomic E-state index is 0.187. The zero-order chi connectivity index (χ0) is 39.8. The van der Waals surface area contributed by atoms with Crippen molar-refractivity contribution >= 4 is 40.2 Å². The number of carbonyl (C=O) groups is 3. The van der Waals surface area contributed by atoms with Crippen LogP contribution in [0.25, 0.3) is 21.9 Å². The monoisotopic (exact) mass is 786 g/mol. The Hall–Kier alpha value is -4.54. The lowest BCUT2D eigenvalue weighted by Gasteiger charge is -2.38. The van der Waals surface area contributed by atoms with Gasteiger partial charge in [-0.3, -0.25) is 9.59 Å². The van der Waals surface area contributed by atoms with Gasteiger partial charge in [0.1, 0.15) is 11.4 Å². The van der Waals surface area contributed by atoms with Crippen LogP contribution in [-0.2, 0) is 20.2 Å². The SMILES string of the molecule is CC(C)(C)OC(=O)NC1CC2CCC(C1)C2C(=O)[C@@H](NC(=O)[C@@H](O)c1ccc2cc(OC3CCCC3)ccc2c1)C(F)(F)c1ccc(-c2ccc(Cl)cc2)cc1. The molecule has 3 aliphatic carbocycles. The van der Waals surface area contributed by atoms with Crippen LogP contribution in [0.4, 0.5) is 13.6 Å². The van der Waals surface area contributed by atoms with Gasteiger partial charge in [0, 0.05) is 22.5 Å². The predicted octanol–water partition coefficient (Wildman–Crippen LogP) is 9.69. The first kappa shape index (κ1) is 39.7. The van der Waals surface area contributed by atoms with Crippen LogP contribution in [-0.4, -0.2) is 46.7 Å². The summed E-state index contributed by atoms with van der Waals surface area (Å²) in [5, 5.41) is 18.7. The Morgan fingerprint density at radius 1 is 0.804 bits per heavy atom. The summed E-state index contributed by atoms with van der Waals surface area (Å²) < 4.78 is 45.4. The molecule has 0 radical (unpaired) electrons. The number of aliphatic hydroxyl groups is 1. The minimum atomic E-state index is -3.84. The van der Waals surface area contributed by atoms with Gasteiger partial charge in [0.25, 0.3) is 11.8 Å². The standard InChI is InChI=1S/C45H49ClF2N2O6/c1-44(2,3)56-43(54)49-35-23-30-9-10-31(24-35)38(30)40(52)41(45(47,48)33-17-12-26(13-18-33)27-14-19-34(46)20-15-27)50-42(53)39(51)32-11-8-29-25-37(21-16-28(29)22-32)55-36-6-4-5-7-36/h8,11-22,25,30-31,35-36,38-39,41,51H,4-7,9-10,23-24H2,1-3H3,(H,49,54)(H,50,53)/t30?,31?,35?,38?,39-,41+/m0/s1. The Morgan fingerprint density at radius 3 is 2.02 bits per heavy atom. The molecule has 2 amide bonds. The van der Waals surface area contributed by atoms with Gasteiger partial charge in [-0.1, -0.05) is 66.2 Å². The number of hydrogen-bond donors (Lipinski definition) is 3. The maximum Gasteiger partial charge on any atom is 0.407 e. The first-order valence-electron chi connectivity index (χ1n) is 19.6. The molecule has 0 spiro atoms. The number of fused-ring (bicyclic) bond motifs is 3. The lowest BCUT2D eigenvalue weighted by Crippen LogP contribution is -2.56. The third-order valence-corrected chi connectivity index (χ3v) is 11.8. The fourth-order valence-electron chi connectivity index (χ4n) is 8.87. The third kappa shape index (κ3) is 8.87. The number of carbonyl (C=O) groups excluding carboxylic acids is 3. The van der Waals surface area contributed by atoms with E-state index in [1.54, 1.807) is 75.4 Å². The topological polar surface area (TPSA) is 114 Å². The Labute approximate surface area is 331 Å². The van der Waals surface area contributed by atoms with Crippen LogP contribution < -0.4 is 15.4 Å². The summed E-state index contributed by atoms with van der Waals surface area (Å²) in [7, 11) is 0. The molecule has 2 bridgehead atoms. The molecule has 56 heavy (non-hydrogen) atoms. The van der Waals surface area contributed by atoms with Crippen LogP contribution in [0.15, 0.2) is 84.9 Å². The number of benzene rings is 4. The Morgan fingerprint density at radius 2 is 1.39 bits per heavy atom. The molecule has 4 atom stereocenters. The van der Waals surface area contributed by atoms with Crippen LogP contribution in [0, 0.1) is 17.8 Å². The minimum Gasteiger partial charge on any atom is -0.490 e. The van der Waals surface area contributed by atoms with E-state index in [9.17, 15) is 19.5 Å². The fourth-order valence-corrected chi connectivity index (χ4v) is 8.99. The van der Waals surface area contributed by atoms with E-state index in [1.165, 1.54) is 12.1 Å². The summed E-state index contributed by atoms with van der Waals surface area (Å²) in [6.07, 6.45) is 4.22. The summed E-state index contributed by atoms with van der Waals surface area (Å²) in [6, 6.07) is 20.6. The second-order valence-corrected chi connectivity index (χ2v) is 17.1. The molecule has 3 saturated carbocycles. The molecule has 0 saturated heterocycles. The largest absolute Gasteiger partial charge is 0.490 e. The van der Waals surface area contributed by atoms with Gasteiger partial charge in [-0.25, -0.2) is 4.79 Å². The Kier molecular flexibility index (Phi) is 11.4. The van der Waals surface area contributed by atoms with Crippen molar-refractivity contribution in [3.63, 3.8) is 0 Å². The summed E-state index contributed by atoms with van der Waals surface area (Å²) >= 11 is 6.04. The Balaban J connectivity index is 1.13. The lowest BCUT2D eigenvalue weighted by molar-refractivity contribution is -0.148. The Bertz CT molecular complexity index is 2050. The quantitative estimate of drug-likeness (QED) is 0.140. The highest BCUT2D eigenvalue weighted by Crippen LogP contribution is 2.49. The van der Waals surface area contributed by atoms with E-state index in [1.807, 2.05) is 18.2 Å². The van der Waals surface area contributed by atoms with Crippen LogP contribution in [0.5, 0.6) is 5.75 Å². The highest BCUT2D eigenvalue weighted by molar-refractivity contribution is 6.30. The number of ketones is 1. The first-order chi connectivity index (χ1) is 26.6. The normalized spacial score (nSPS) is 22.3. The molecule has 4 aromatic rings. The molecular weight excluding hydrogens is 738 g/mol. The molecule has 0 heterocycles. The second-order valence-electron chi connectivity index (χ2n) is 16.7. The molecule has 8 nitrogen and oxygen atoms in total. The van der Waals surface area contributed by atoms with Crippen LogP contribution >= 0.6 is 11.6 Å². The van der Waals surface area contributed by atoms with Crippen molar-refractivity contribution in [2.75, 3.05) is 0 Å². The molecule has 2 unspecified atom stereocenters. The highest BCUT2D eigenvalue weighted by atomic mass is 35.5. The molecular formula is C45H49ClF2N2O6. The van der Waals surface area contributed by atoms with Gasteiger partial charge in [0.05, 0.1) is 6.10 Å². The number of aliphatic hydroxyl groups excluding tert-OH is 1. The van der Waals surface area contributed by atoms with Crippen LogP contribution in [0.2, 0.25) is 5.02 Å². The molecule has 296 valence electrons. The number of ether oxygens (including phenoxy) is 2. The molecule has 4 aromatic carbocycles. The van der Waals surface area contributed by atoms with E-state index >= 15 is 8.78 Å². The molecule has 7 rings (SSSR count). The number of amides is 2. The van der Waals surface area contributed by atoms with Crippen molar-refractivity contribution in [3.8, 4) is 16.9 Å². The zero-order valence-corrected chi connectivity index (χ0v) is 32.7. The molecule has 0 aromatic heterocycles. The first-order valence-corrected chi connectivity index (χ1v) is 20.0. The van der Waals surface area contributed by atoms with Crippen LogP contribution in [0.3, 0.4) is 0 Å². The van der Waals surface area contributed by atoms with Gasteiger partial charge < -0.3 is 25.2 Å². The van der Waals surface area contributed by atoms with Gasteiger partial charge in [-0.15, -0.1) is 0 Å². The second kappa shape index (κ2) is 16.1. The summed E-state index contributed by atoms with van der Waals surface area (Å²) in [6.45, 7) is 5.31. The van der Waals surface area contributed by atoms with Gasteiger partial charge in [-0.2, -0.15) is 8.78 Å². The number of rotatable bonds is 11. The van der Waals surface area contributed by atoms with Crippen molar-refractivity contribution in [1.82, 2.24) is 10.6 Å². The molecule has 11 heteroatoms. The number of hydrogen-bond acceptors (Lipinski definition) is 6. The van der Waals surface area contributed by atoms with Gasteiger partial charge in [0.2, 0.25) is 0 Å². The van der Waals surface area contributed by atoms with E-state index in [0.717, 1.165) is 47.8 Å². The number of nitrogens with one attached hydrogen (secondary N) is 2. The zero-order valence-electron chi connectivity index (χ0n) is 31.9. The third-order valence-electron chi connectivity index (χ3n) is 11.5.